The van der Waals surface area contributed by atoms with E-state index < -0.39 is 0 Å². The zero-order chi connectivity index (χ0) is 11.2. The molecule has 1 aromatic carbocycles. The number of hydrogen-bond donors (Lipinski definition) is 0. The van der Waals surface area contributed by atoms with Gasteiger partial charge in [0.1, 0.15) is 0 Å². The van der Waals surface area contributed by atoms with E-state index in [0.717, 1.165) is 6.42 Å². The number of halogens is 2. The zero-order valence-corrected chi connectivity index (χ0v) is 10.2. The average molecular weight is 243 g/mol. The van der Waals surface area contributed by atoms with Crippen LogP contribution in [0.2, 0.25) is 10.0 Å². The number of rotatable bonds is 2. The Morgan fingerprint density at radius 3 is 2.40 bits per heavy atom. The average Bonchev–Trinajstić information content (AvgIpc) is 2.79. The maximum absolute atomic E-state index is 12.0. The highest BCUT2D eigenvalue weighted by Gasteiger charge is 2.50. The SMILES string of the molecule is CC1(C)C[C@@H]1C(=O)c1ccc(Cl)c(Cl)c1. The fourth-order valence-corrected chi connectivity index (χ4v) is 2.06. The van der Waals surface area contributed by atoms with Crippen molar-refractivity contribution in [3.63, 3.8) is 0 Å². The lowest BCUT2D eigenvalue weighted by molar-refractivity contribution is 0.0953. The minimum atomic E-state index is 0.148. The first-order valence-corrected chi connectivity index (χ1v) is 5.67. The summed E-state index contributed by atoms with van der Waals surface area (Å²) >= 11 is 11.7. The van der Waals surface area contributed by atoms with Gasteiger partial charge in [-0.25, -0.2) is 0 Å². The van der Waals surface area contributed by atoms with E-state index in [2.05, 4.69) is 13.8 Å². The topological polar surface area (TPSA) is 17.1 Å². The molecule has 0 unspecified atom stereocenters. The molecule has 0 aromatic heterocycles. The van der Waals surface area contributed by atoms with Crippen LogP contribution in [0.25, 0.3) is 0 Å². The molecule has 0 aliphatic heterocycles. The predicted octanol–water partition coefficient (Wildman–Crippen LogP) is 4.22. The molecule has 1 fully saturated rings. The number of carbonyl (C=O) groups excluding carboxylic acids is 1. The van der Waals surface area contributed by atoms with Crippen molar-refractivity contribution in [3.8, 4) is 0 Å². The standard InChI is InChI=1S/C12H12Cl2O/c1-12(2)6-8(12)11(15)7-3-4-9(13)10(14)5-7/h3-5,8H,6H2,1-2H3/t8-/m1/s1. The fraction of sp³-hybridized carbons (Fsp3) is 0.417. The summed E-state index contributed by atoms with van der Waals surface area (Å²) in [6.07, 6.45) is 0.964. The van der Waals surface area contributed by atoms with E-state index in [9.17, 15) is 4.79 Å². The van der Waals surface area contributed by atoms with Crippen LogP contribution >= 0.6 is 23.2 Å². The summed E-state index contributed by atoms with van der Waals surface area (Å²) in [6, 6.07) is 5.07. The lowest BCUT2D eigenvalue weighted by atomic mass is 10.0. The molecule has 1 atom stereocenters. The van der Waals surface area contributed by atoms with E-state index in [1.807, 2.05) is 0 Å². The van der Waals surface area contributed by atoms with Crippen LogP contribution in [0.1, 0.15) is 30.6 Å². The monoisotopic (exact) mass is 242 g/mol. The van der Waals surface area contributed by atoms with E-state index in [1.54, 1.807) is 18.2 Å². The van der Waals surface area contributed by atoms with Gasteiger partial charge >= 0.3 is 0 Å². The highest BCUT2D eigenvalue weighted by Crippen LogP contribution is 2.53. The fourth-order valence-electron chi connectivity index (χ4n) is 1.77. The summed E-state index contributed by atoms with van der Waals surface area (Å²) < 4.78 is 0. The van der Waals surface area contributed by atoms with E-state index in [0.29, 0.717) is 15.6 Å². The van der Waals surface area contributed by atoms with Crippen LogP contribution in [-0.4, -0.2) is 5.78 Å². The number of ketones is 1. The van der Waals surface area contributed by atoms with E-state index in [4.69, 9.17) is 23.2 Å². The number of Topliss-reactive ketones (excluding diaryl/α,β-unsaturated/α-hetero) is 1. The molecule has 0 spiro atoms. The van der Waals surface area contributed by atoms with Gasteiger partial charge in [-0.1, -0.05) is 37.0 Å². The second-order valence-corrected chi connectivity index (χ2v) is 5.55. The molecule has 1 aliphatic carbocycles. The Morgan fingerprint density at radius 1 is 1.33 bits per heavy atom. The Labute approximate surface area is 99.4 Å². The molecular weight excluding hydrogens is 231 g/mol. The Balaban J connectivity index is 2.24. The van der Waals surface area contributed by atoms with Gasteiger partial charge in [0.25, 0.3) is 0 Å². The molecular formula is C12H12Cl2O. The molecule has 1 nitrogen and oxygen atoms in total. The molecule has 1 aromatic rings. The van der Waals surface area contributed by atoms with Crippen LogP contribution in [0.3, 0.4) is 0 Å². The largest absolute Gasteiger partial charge is 0.294 e. The van der Waals surface area contributed by atoms with Crippen LogP contribution < -0.4 is 0 Å². The molecule has 0 amide bonds. The molecule has 0 bridgehead atoms. The second-order valence-electron chi connectivity index (χ2n) is 4.74. The van der Waals surface area contributed by atoms with Crippen LogP contribution in [0.5, 0.6) is 0 Å². The van der Waals surface area contributed by atoms with Crippen LogP contribution in [0, 0.1) is 11.3 Å². The number of benzene rings is 1. The van der Waals surface area contributed by atoms with Gasteiger partial charge in [0.2, 0.25) is 0 Å². The van der Waals surface area contributed by atoms with E-state index in [-0.39, 0.29) is 17.1 Å². The number of hydrogen-bond acceptors (Lipinski definition) is 1. The summed E-state index contributed by atoms with van der Waals surface area (Å²) in [5.74, 6) is 0.327. The maximum Gasteiger partial charge on any atom is 0.166 e. The van der Waals surface area contributed by atoms with Crippen molar-refractivity contribution in [2.45, 2.75) is 20.3 Å². The van der Waals surface area contributed by atoms with Gasteiger partial charge in [-0.15, -0.1) is 0 Å². The molecule has 2 rings (SSSR count). The Bertz CT molecular complexity index is 424. The first-order valence-electron chi connectivity index (χ1n) is 4.91. The first-order chi connectivity index (χ1) is 6.92. The summed E-state index contributed by atoms with van der Waals surface area (Å²) in [6.45, 7) is 4.21. The highest BCUT2D eigenvalue weighted by molar-refractivity contribution is 6.42. The third-order valence-corrected chi connectivity index (χ3v) is 3.77. The third-order valence-electron chi connectivity index (χ3n) is 3.03. The van der Waals surface area contributed by atoms with Crippen molar-refractivity contribution in [2.75, 3.05) is 0 Å². The van der Waals surface area contributed by atoms with Crippen molar-refractivity contribution in [1.82, 2.24) is 0 Å². The molecule has 80 valence electrons. The Hall–Kier alpha value is -0.530. The quantitative estimate of drug-likeness (QED) is 0.710. The van der Waals surface area contributed by atoms with Gasteiger partial charge in [0, 0.05) is 11.5 Å². The van der Waals surface area contributed by atoms with Gasteiger partial charge in [-0.2, -0.15) is 0 Å². The Kier molecular flexibility index (Phi) is 2.56. The normalized spacial score (nSPS) is 22.5. The van der Waals surface area contributed by atoms with E-state index >= 15 is 0 Å². The Morgan fingerprint density at radius 2 is 1.93 bits per heavy atom. The van der Waals surface area contributed by atoms with Crippen molar-refractivity contribution < 1.29 is 4.79 Å². The maximum atomic E-state index is 12.0. The van der Waals surface area contributed by atoms with Gasteiger partial charge in [0.15, 0.2) is 5.78 Å². The minimum absolute atomic E-state index is 0.148. The summed E-state index contributed by atoms with van der Waals surface area (Å²) in [5, 5.41) is 0.934. The van der Waals surface area contributed by atoms with Crippen LogP contribution in [0.4, 0.5) is 0 Å². The lowest BCUT2D eigenvalue weighted by Crippen LogP contribution is -2.06. The minimum Gasteiger partial charge on any atom is -0.294 e. The van der Waals surface area contributed by atoms with E-state index in [1.165, 1.54) is 0 Å². The lowest BCUT2D eigenvalue weighted by Gasteiger charge is -2.04. The van der Waals surface area contributed by atoms with Crippen molar-refractivity contribution >= 4 is 29.0 Å². The van der Waals surface area contributed by atoms with Crippen LogP contribution in [0.15, 0.2) is 18.2 Å². The zero-order valence-electron chi connectivity index (χ0n) is 8.68. The molecule has 15 heavy (non-hydrogen) atoms. The van der Waals surface area contributed by atoms with Gasteiger partial charge in [-0.05, 0) is 30.0 Å². The molecule has 0 N–H and O–H groups in total. The smallest absolute Gasteiger partial charge is 0.166 e. The first kappa shape index (κ1) is 11.0. The molecule has 0 radical (unpaired) electrons. The molecule has 0 saturated heterocycles. The molecule has 1 aliphatic rings. The van der Waals surface area contributed by atoms with Crippen LogP contribution in [-0.2, 0) is 0 Å². The third kappa shape index (κ3) is 2.04. The molecule has 3 heteroatoms. The highest BCUT2D eigenvalue weighted by atomic mass is 35.5. The molecule has 1 saturated carbocycles. The van der Waals surface area contributed by atoms with Crippen molar-refractivity contribution in [1.29, 1.82) is 0 Å². The second kappa shape index (κ2) is 3.50. The predicted molar refractivity (Wildman–Crippen MR) is 62.7 cm³/mol. The molecule has 0 heterocycles. The van der Waals surface area contributed by atoms with Crippen molar-refractivity contribution in [2.24, 2.45) is 11.3 Å². The van der Waals surface area contributed by atoms with Gasteiger partial charge in [0.05, 0.1) is 10.0 Å². The number of carbonyl (C=O) groups is 1. The summed E-state index contributed by atoms with van der Waals surface area (Å²) in [7, 11) is 0. The van der Waals surface area contributed by atoms with Crippen molar-refractivity contribution in [3.05, 3.63) is 33.8 Å². The van der Waals surface area contributed by atoms with Gasteiger partial charge in [-0.3, -0.25) is 4.79 Å². The summed E-state index contributed by atoms with van der Waals surface area (Å²) in [4.78, 5) is 12.0. The summed E-state index contributed by atoms with van der Waals surface area (Å²) in [5.41, 5.74) is 0.823. The van der Waals surface area contributed by atoms with Gasteiger partial charge < -0.3 is 0 Å².